The molecule has 1 atom stereocenters. The number of thiophene rings is 1. The van der Waals surface area contributed by atoms with Crippen LogP contribution in [0.4, 0.5) is 0 Å². The number of aliphatic carboxylic acids is 1. The molecule has 0 radical (unpaired) electrons. The Labute approximate surface area is 118 Å². The first-order chi connectivity index (χ1) is 8.66. The van der Waals surface area contributed by atoms with Gasteiger partial charge in [-0.1, -0.05) is 34.1 Å². The van der Waals surface area contributed by atoms with Crippen LogP contribution in [0.15, 0.2) is 46.3 Å². The minimum atomic E-state index is -0.756. The smallest absolute Gasteiger partial charge is 0.310 e. The number of carboxylic acids is 1. The number of carboxylic acid groups (broad SMARTS) is 1. The molecule has 2 aromatic rings. The zero-order valence-corrected chi connectivity index (χ0v) is 12.1. The van der Waals surface area contributed by atoms with Gasteiger partial charge in [-0.2, -0.15) is 0 Å². The predicted octanol–water partition coefficient (Wildman–Crippen LogP) is 4.31. The van der Waals surface area contributed by atoms with Crippen molar-refractivity contribution in [3.8, 4) is 0 Å². The number of hydrogen-bond acceptors (Lipinski definition) is 2. The van der Waals surface area contributed by atoms with Gasteiger partial charge >= 0.3 is 5.97 Å². The highest BCUT2D eigenvalue weighted by Gasteiger charge is 2.19. The largest absolute Gasteiger partial charge is 0.481 e. The van der Waals surface area contributed by atoms with Crippen LogP contribution in [-0.4, -0.2) is 11.1 Å². The van der Waals surface area contributed by atoms with Gasteiger partial charge in [0.05, 0.1) is 5.92 Å². The van der Waals surface area contributed by atoms with Gasteiger partial charge in [0.1, 0.15) is 0 Å². The van der Waals surface area contributed by atoms with E-state index in [9.17, 15) is 9.90 Å². The number of hydrogen-bond donors (Lipinski definition) is 1. The molecular weight excluding hydrogens is 312 g/mol. The lowest BCUT2D eigenvalue weighted by Crippen LogP contribution is -2.12. The van der Waals surface area contributed by atoms with E-state index < -0.39 is 11.9 Å². The van der Waals surface area contributed by atoms with Gasteiger partial charge in [-0.3, -0.25) is 4.79 Å². The van der Waals surface area contributed by atoms with Gasteiger partial charge in [0.15, 0.2) is 0 Å². The summed E-state index contributed by atoms with van der Waals surface area (Å²) in [4.78, 5) is 12.6. The predicted molar refractivity (Wildman–Crippen MR) is 77.2 cm³/mol. The first kappa shape index (κ1) is 13.3. The normalized spacial score (nSPS) is 12.3. The van der Waals surface area contributed by atoms with Crippen LogP contribution in [0.5, 0.6) is 0 Å². The van der Waals surface area contributed by atoms with E-state index in [-0.39, 0.29) is 0 Å². The molecule has 4 heteroatoms. The molecular formula is C14H13BrO2S. The molecule has 0 spiro atoms. The van der Waals surface area contributed by atoms with Gasteiger partial charge in [-0.15, -0.1) is 11.3 Å². The maximum atomic E-state index is 11.3. The minimum absolute atomic E-state index is 0.430. The molecule has 2 rings (SSSR count). The fourth-order valence-corrected chi connectivity index (χ4v) is 2.86. The number of carbonyl (C=O) groups is 1. The molecule has 2 nitrogen and oxygen atoms in total. The Hall–Kier alpha value is -1.13. The van der Waals surface area contributed by atoms with Crippen molar-refractivity contribution < 1.29 is 9.90 Å². The van der Waals surface area contributed by atoms with Crippen molar-refractivity contribution in [3.05, 3.63) is 56.7 Å². The highest BCUT2D eigenvalue weighted by molar-refractivity contribution is 9.10. The Kier molecular flexibility index (Phi) is 4.55. The van der Waals surface area contributed by atoms with Crippen LogP contribution >= 0.6 is 27.3 Å². The lowest BCUT2D eigenvalue weighted by Gasteiger charge is -2.12. The zero-order chi connectivity index (χ0) is 13.0. The Bertz CT molecular complexity index is 505. The van der Waals surface area contributed by atoms with Gasteiger partial charge in [0, 0.05) is 9.35 Å². The molecule has 0 saturated heterocycles. The van der Waals surface area contributed by atoms with Crippen molar-refractivity contribution in [1.82, 2.24) is 0 Å². The Morgan fingerprint density at radius 1 is 1.28 bits per heavy atom. The topological polar surface area (TPSA) is 37.3 Å². The average molecular weight is 325 g/mol. The lowest BCUT2D eigenvalue weighted by atomic mass is 9.94. The van der Waals surface area contributed by atoms with E-state index in [4.69, 9.17) is 0 Å². The molecule has 1 aromatic carbocycles. The van der Waals surface area contributed by atoms with Crippen LogP contribution in [0.1, 0.15) is 22.8 Å². The highest BCUT2D eigenvalue weighted by atomic mass is 79.9. The summed E-state index contributed by atoms with van der Waals surface area (Å²) in [6, 6.07) is 11.6. The lowest BCUT2D eigenvalue weighted by molar-refractivity contribution is -0.138. The van der Waals surface area contributed by atoms with Gasteiger partial charge in [-0.05, 0) is 42.0 Å². The quantitative estimate of drug-likeness (QED) is 0.889. The highest BCUT2D eigenvalue weighted by Crippen LogP contribution is 2.25. The summed E-state index contributed by atoms with van der Waals surface area (Å²) in [6.45, 7) is 0. The molecule has 1 unspecified atom stereocenters. The molecule has 0 aliphatic heterocycles. The van der Waals surface area contributed by atoms with E-state index in [1.807, 2.05) is 41.8 Å². The molecule has 0 aliphatic rings. The number of halogens is 1. The van der Waals surface area contributed by atoms with Crippen molar-refractivity contribution in [3.63, 3.8) is 0 Å². The van der Waals surface area contributed by atoms with Crippen molar-refractivity contribution >= 4 is 33.2 Å². The van der Waals surface area contributed by atoms with Crippen LogP contribution in [0, 0.1) is 0 Å². The molecule has 0 saturated carbocycles. The molecule has 94 valence electrons. The van der Waals surface area contributed by atoms with Gasteiger partial charge < -0.3 is 5.11 Å². The fourth-order valence-electron chi connectivity index (χ4n) is 1.87. The van der Waals surface area contributed by atoms with Gasteiger partial charge in [0.2, 0.25) is 0 Å². The van der Waals surface area contributed by atoms with Crippen molar-refractivity contribution in [2.45, 2.75) is 18.8 Å². The summed E-state index contributed by atoms with van der Waals surface area (Å²) in [5, 5.41) is 11.3. The second-order valence-electron chi connectivity index (χ2n) is 4.06. The van der Waals surface area contributed by atoms with Crippen LogP contribution in [0.3, 0.4) is 0 Å². The standard InChI is InChI=1S/C14H13BrO2S/c15-11-5-3-10(4-6-11)13(14(16)17)8-7-12-2-1-9-18-12/h1-6,9,13H,7-8H2,(H,16,17). The first-order valence-electron chi connectivity index (χ1n) is 5.67. The third-order valence-corrected chi connectivity index (χ3v) is 4.29. The Balaban J connectivity index is 2.08. The van der Waals surface area contributed by atoms with Crippen molar-refractivity contribution in [2.75, 3.05) is 0 Å². The molecule has 0 aliphatic carbocycles. The zero-order valence-electron chi connectivity index (χ0n) is 9.67. The number of rotatable bonds is 5. The summed E-state index contributed by atoms with van der Waals surface area (Å²) in [5.41, 5.74) is 0.863. The van der Waals surface area contributed by atoms with E-state index in [0.29, 0.717) is 6.42 Å². The summed E-state index contributed by atoms with van der Waals surface area (Å²) in [6.07, 6.45) is 1.45. The summed E-state index contributed by atoms with van der Waals surface area (Å²) < 4.78 is 0.966. The summed E-state index contributed by atoms with van der Waals surface area (Å²) in [5.74, 6) is -1.19. The average Bonchev–Trinajstić information content (AvgIpc) is 2.84. The van der Waals surface area contributed by atoms with Crippen molar-refractivity contribution in [1.29, 1.82) is 0 Å². The SMILES string of the molecule is O=C(O)C(CCc1cccs1)c1ccc(Br)cc1. The first-order valence-corrected chi connectivity index (χ1v) is 7.35. The monoisotopic (exact) mass is 324 g/mol. The number of benzene rings is 1. The second-order valence-corrected chi connectivity index (χ2v) is 6.01. The molecule has 0 fully saturated rings. The van der Waals surface area contributed by atoms with E-state index in [2.05, 4.69) is 15.9 Å². The molecule has 0 amide bonds. The Morgan fingerprint density at radius 2 is 2.00 bits per heavy atom. The summed E-state index contributed by atoms with van der Waals surface area (Å²) in [7, 11) is 0. The second kappa shape index (κ2) is 6.16. The van der Waals surface area contributed by atoms with E-state index in [0.717, 1.165) is 16.5 Å². The molecule has 18 heavy (non-hydrogen) atoms. The Morgan fingerprint density at radius 3 is 2.56 bits per heavy atom. The van der Waals surface area contributed by atoms with Crippen LogP contribution in [-0.2, 0) is 11.2 Å². The minimum Gasteiger partial charge on any atom is -0.481 e. The molecule has 0 bridgehead atoms. The maximum absolute atomic E-state index is 11.3. The van der Waals surface area contributed by atoms with E-state index in [1.54, 1.807) is 11.3 Å². The van der Waals surface area contributed by atoms with E-state index >= 15 is 0 Å². The molecule has 1 heterocycles. The van der Waals surface area contributed by atoms with E-state index in [1.165, 1.54) is 4.88 Å². The van der Waals surface area contributed by atoms with Crippen LogP contribution in [0.2, 0.25) is 0 Å². The third kappa shape index (κ3) is 3.43. The van der Waals surface area contributed by atoms with Gasteiger partial charge in [0.25, 0.3) is 0 Å². The molecule has 1 aromatic heterocycles. The molecule has 1 N–H and O–H groups in total. The van der Waals surface area contributed by atoms with Crippen molar-refractivity contribution in [2.24, 2.45) is 0 Å². The van der Waals surface area contributed by atoms with Gasteiger partial charge in [-0.25, -0.2) is 0 Å². The third-order valence-electron chi connectivity index (χ3n) is 2.83. The fraction of sp³-hybridized carbons (Fsp3) is 0.214. The van der Waals surface area contributed by atoms with Crippen LogP contribution in [0.25, 0.3) is 0 Å². The summed E-state index contributed by atoms with van der Waals surface area (Å²) >= 11 is 5.03. The number of aryl methyl sites for hydroxylation is 1. The van der Waals surface area contributed by atoms with Crippen LogP contribution < -0.4 is 0 Å². The maximum Gasteiger partial charge on any atom is 0.310 e.